The van der Waals surface area contributed by atoms with Crippen molar-refractivity contribution in [2.75, 3.05) is 6.54 Å². The van der Waals surface area contributed by atoms with Crippen LogP contribution < -0.4 is 5.32 Å². The number of rotatable bonds is 7. The minimum atomic E-state index is -0.167. The van der Waals surface area contributed by atoms with E-state index in [9.17, 15) is 9.59 Å². The Morgan fingerprint density at radius 1 is 1.26 bits per heavy atom. The maximum absolute atomic E-state index is 11.9. The standard InChI is InChI=1S/C16H20N4O3/c1-12-18-16(23-19-12)10-17-15(22)8-9-20(13(2)21)11-14-6-4-3-5-7-14/h3-7H,8-11H2,1-2H3,(H,17,22). The van der Waals surface area contributed by atoms with E-state index in [2.05, 4.69) is 15.5 Å². The molecule has 0 fully saturated rings. The minimum Gasteiger partial charge on any atom is -0.347 e. The third-order valence-electron chi connectivity index (χ3n) is 3.28. The van der Waals surface area contributed by atoms with E-state index >= 15 is 0 Å². The highest BCUT2D eigenvalue weighted by Gasteiger charge is 2.12. The normalized spacial score (nSPS) is 10.3. The summed E-state index contributed by atoms with van der Waals surface area (Å²) < 4.78 is 4.92. The van der Waals surface area contributed by atoms with Crippen LogP contribution in [0, 0.1) is 6.92 Å². The zero-order valence-corrected chi connectivity index (χ0v) is 13.3. The Morgan fingerprint density at radius 3 is 2.61 bits per heavy atom. The molecule has 0 aliphatic heterocycles. The van der Waals surface area contributed by atoms with Crippen LogP contribution in [0.2, 0.25) is 0 Å². The first kappa shape index (κ1) is 16.7. The summed E-state index contributed by atoms with van der Waals surface area (Å²) in [5.74, 6) is 0.665. The Balaban J connectivity index is 1.79. The van der Waals surface area contributed by atoms with Gasteiger partial charge >= 0.3 is 0 Å². The molecule has 2 amide bonds. The van der Waals surface area contributed by atoms with Gasteiger partial charge in [0, 0.05) is 26.4 Å². The first-order valence-electron chi connectivity index (χ1n) is 7.40. The molecule has 1 aromatic heterocycles. The lowest BCUT2D eigenvalue weighted by Crippen LogP contribution is -2.33. The summed E-state index contributed by atoms with van der Waals surface area (Å²) in [7, 11) is 0. The van der Waals surface area contributed by atoms with E-state index in [-0.39, 0.29) is 24.8 Å². The number of carbonyl (C=O) groups excluding carboxylic acids is 2. The third kappa shape index (κ3) is 5.54. The second-order valence-corrected chi connectivity index (χ2v) is 5.19. The van der Waals surface area contributed by atoms with Gasteiger partial charge in [-0.05, 0) is 12.5 Å². The number of hydrogen-bond acceptors (Lipinski definition) is 5. The fourth-order valence-corrected chi connectivity index (χ4v) is 2.06. The summed E-state index contributed by atoms with van der Waals surface area (Å²) in [5.41, 5.74) is 1.03. The Labute approximate surface area is 134 Å². The molecule has 7 nitrogen and oxygen atoms in total. The van der Waals surface area contributed by atoms with Crippen LogP contribution in [0.1, 0.15) is 30.6 Å². The van der Waals surface area contributed by atoms with E-state index in [0.29, 0.717) is 24.8 Å². The van der Waals surface area contributed by atoms with Crippen molar-refractivity contribution in [2.24, 2.45) is 0 Å². The lowest BCUT2D eigenvalue weighted by atomic mass is 10.2. The van der Waals surface area contributed by atoms with Crippen LogP contribution in [0.5, 0.6) is 0 Å². The summed E-state index contributed by atoms with van der Waals surface area (Å²) in [6.07, 6.45) is 0.222. The molecule has 0 saturated heterocycles. The molecule has 0 spiro atoms. The molecule has 2 rings (SSSR count). The molecule has 122 valence electrons. The minimum absolute atomic E-state index is 0.0609. The van der Waals surface area contributed by atoms with Gasteiger partial charge in [-0.25, -0.2) is 0 Å². The third-order valence-corrected chi connectivity index (χ3v) is 3.28. The first-order chi connectivity index (χ1) is 11.0. The average molecular weight is 316 g/mol. The molecule has 0 saturated carbocycles. The Bertz CT molecular complexity index is 654. The molecule has 0 radical (unpaired) electrons. The van der Waals surface area contributed by atoms with Crippen molar-refractivity contribution < 1.29 is 14.1 Å². The number of amides is 2. The molecule has 7 heteroatoms. The Morgan fingerprint density at radius 2 is 2.00 bits per heavy atom. The molecule has 1 aromatic carbocycles. The van der Waals surface area contributed by atoms with Gasteiger partial charge in [0.25, 0.3) is 0 Å². The molecule has 0 unspecified atom stereocenters. The predicted octanol–water partition coefficient (Wildman–Crippen LogP) is 1.43. The van der Waals surface area contributed by atoms with Crippen LogP contribution >= 0.6 is 0 Å². The quantitative estimate of drug-likeness (QED) is 0.835. The summed E-state index contributed by atoms with van der Waals surface area (Å²) in [5, 5.41) is 6.35. The molecule has 0 aliphatic carbocycles. The Kier molecular flexibility index (Phi) is 5.85. The smallest absolute Gasteiger partial charge is 0.246 e. The van der Waals surface area contributed by atoms with Gasteiger partial charge in [-0.15, -0.1) is 0 Å². The zero-order chi connectivity index (χ0) is 16.7. The molecule has 23 heavy (non-hydrogen) atoms. The SMILES string of the molecule is CC(=O)N(CCC(=O)NCc1nc(C)no1)Cc1ccccc1. The second kappa shape index (κ2) is 8.07. The molecular formula is C16H20N4O3. The van der Waals surface area contributed by atoms with Gasteiger partial charge in [-0.2, -0.15) is 4.98 Å². The number of nitrogens with one attached hydrogen (secondary N) is 1. The van der Waals surface area contributed by atoms with E-state index in [1.807, 2.05) is 30.3 Å². The Hall–Kier alpha value is -2.70. The summed E-state index contributed by atoms with van der Waals surface area (Å²) in [6.45, 7) is 4.26. The summed E-state index contributed by atoms with van der Waals surface area (Å²) >= 11 is 0. The monoisotopic (exact) mass is 316 g/mol. The number of aryl methyl sites for hydroxylation is 1. The van der Waals surface area contributed by atoms with Gasteiger partial charge in [0.1, 0.15) is 0 Å². The van der Waals surface area contributed by atoms with Crippen molar-refractivity contribution in [2.45, 2.75) is 33.4 Å². The highest BCUT2D eigenvalue weighted by Crippen LogP contribution is 2.05. The number of aromatic nitrogens is 2. The van der Waals surface area contributed by atoms with Gasteiger partial charge in [-0.3, -0.25) is 9.59 Å². The topological polar surface area (TPSA) is 88.3 Å². The fourth-order valence-electron chi connectivity index (χ4n) is 2.06. The summed E-state index contributed by atoms with van der Waals surface area (Å²) in [6, 6.07) is 9.68. The van der Waals surface area contributed by atoms with Gasteiger partial charge in [0.2, 0.25) is 17.7 Å². The molecule has 0 atom stereocenters. The first-order valence-corrected chi connectivity index (χ1v) is 7.40. The van der Waals surface area contributed by atoms with Crippen LogP contribution in [0.15, 0.2) is 34.9 Å². The van der Waals surface area contributed by atoms with Crippen LogP contribution in [-0.4, -0.2) is 33.4 Å². The van der Waals surface area contributed by atoms with Crippen molar-refractivity contribution in [3.63, 3.8) is 0 Å². The van der Waals surface area contributed by atoms with Crippen molar-refractivity contribution in [3.8, 4) is 0 Å². The lowest BCUT2D eigenvalue weighted by Gasteiger charge is -2.20. The molecule has 0 bridgehead atoms. The molecule has 1 heterocycles. The zero-order valence-electron chi connectivity index (χ0n) is 13.3. The average Bonchev–Trinajstić information content (AvgIpc) is 2.95. The van der Waals surface area contributed by atoms with Crippen molar-refractivity contribution in [1.29, 1.82) is 0 Å². The maximum atomic E-state index is 11.9. The van der Waals surface area contributed by atoms with Gasteiger partial charge in [0.05, 0.1) is 6.54 Å². The second-order valence-electron chi connectivity index (χ2n) is 5.19. The number of hydrogen-bond donors (Lipinski definition) is 1. The van der Waals surface area contributed by atoms with Crippen LogP contribution in [0.3, 0.4) is 0 Å². The largest absolute Gasteiger partial charge is 0.347 e. The fraction of sp³-hybridized carbons (Fsp3) is 0.375. The summed E-state index contributed by atoms with van der Waals surface area (Å²) in [4.78, 5) is 29.2. The van der Waals surface area contributed by atoms with Crippen molar-refractivity contribution >= 4 is 11.8 Å². The number of benzene rings is 1. The highest BCUT2D eigenvalue weighted by atomic mass is 16.5. The van der Waals surface area contributed by atoms with Crippen molar-refractivity contribution in [1.82, 2.24) is 20.4 Å². The van der Waals surface area contributed by atoms with Crippen LogP contribution in [0.4, 0.5) is 0 Å². The number of nitrogens with zero attached hydrogens (tertiary/aromatic N) is 3. The maximum Gasteiger partial charge on any atom is 0.246 e. The van der Waals surface area contributed by atoms with E-state index in [4.69, 9.17) is 4.52 Å². The molecule has 0 aliphatic rings. The van der Waals surface area contributed by atoms with Crippen molar-refractivity contribution in [3.05, 3.63) is 47.6 Å². The highest BCUT2D eigenvalue weighted by molar-refractivity contribution is 5.77. The van der Waals surface area contributed by atoms with E-state index in [0.717, 1.165) is 5.56 Å². The van der Waals surface area contributed by atoms with Gasteiger partial charge in [-0.1, -0.05) is 35.5 Å². The predicted molar refractivity (Wildman–Crippen MR) is 83.0 cm³/mol. The molecule has 2 aromatic rings. The molecule has 1 N–H and O–H groups in total. The van der Waals surface area contributed by atoms with E-state index in [1.54, 1.807) is 11.8 Å². The van der Waals surface area contributed by atoms with Gasteiger partial charge < -0.3 is 14.7 Å². The van der Waals surface area contributed by atoms with Gasteiger partial charge in [0.15, 0.2) is 5.82 Å². The van der Waals surface area contributed by atoms with E-state index < -0.39 is 0 Å². The van der Waals surface area contributed by atoms with Crippen LogP contribution in [0.25, 0.3) is 0 Å². The van der Waals surface area contributed by atoms with Crippen LogP contribution in [-0.2, 0) is 22.7 Å². The molecular weight excluding hydrogens is 296 g/mol. The van der Waals surface area contributed by atoms with E-state index in [1.165, 1.54) is 6.92 Å². The number of carbonyl (C=O) groups is 2. The lowest BCUT2D eigenvalue weighted by molar-refractivity contribution is -0.130.